The van der Waals surface area contributed by atoms with Crippen LogP contribution in [-0.4, -0.2) is 42.4 Å². The van der Waals surface area contributed by atoms with Crippen molar-refractivity contribution in [2.24, 2.45) is 0 Å². The van der Waals surface area contributed by atoms with Crippen LogP contribution in [0.3, 0.4) is 0 Å². The summed E-state index contributed by atoms with van der Waals surface area (Å²) in [6.07, 6.45) is 1.89. The Morgan fingerprint density at radius 1 is 1.12 bits per heavy atom. The number of rotatable bonds is 1. The van der Waals surface area contributed by atoms with Crippen molar-refractivity contribution in [3.05, 3.63) is 41.0 Å². The first-order valence-corrected chi connectivity index (χ1v) is 8.00. The molecule has 4 nitrogen and oxygen atoms in total. The van der Waals surface area contributed by atoms with Gasteiger partial charge < -0.3 is 43.4 Å². The Morgan fingerprint density at radius 2 is 1.88 bits per heavy atom. The molecule has 0 aromatic heterocycles. The van der Waals surface area contributed by atoms with Gasteiger partial charge in [0.25, 0.3) is 0 Å². The van der Waals surface area contributed by atoms with Crippen molar-refractivity contribution < 1.29 is 43.4 Å². The maximum atomic E-state index is 10.8. The summed E-state index contributed by atoms with van der Waals surface area (Å²) in [5, 5.41) is 20.7. The quantitative estimate of drug-likeness (QED) is 0.487. The van der Waals surface area contributed by atoms with E-state index in [0.717, 1.165) is 35.0 Å². The maximum absolute atomic E-state index is 10.8. The first kappa shape index (κ1) is 17.4. The summed E-state index contributed by atoms with van der Waals surface area (Å²) < 4.78 is 6.30. The van der Waals surface area contributed by atoms with Crippen molar-refractivity contribution in [3.8, 4) is 28.4 Å². The predicted octanol–water partition coefficient (Wildman–Crippen LogP) is 0.00710. The summed E-state index contributed by atoms with van der Waals surface area (Å²) in [5.74, 6) is 0.924. The first-order valence-electron chi connectivity index (χ1n) is 8.00. The van der Waals surface area contributed by atoms with Gasteiger partial charge in [-0.05, 0) is 34.9 Å². The number of hydrogen-bond acceptors (Lipinski definition) is 3. The number of nitrogens with zero attached hydrogens (tertiary/aromatic N) is 1. The van der Waals surface area contributed by atoms with Crippen LogP contribution in [0.2, 0.25) is 0 Å². The number of benzene rings is 2. The second-order valence-corrected chi connectivity index (χ2v) is 7.19. The third-order valence-corrected chi connectivity index (χ3v) is 5.52. The third-order valence-electron chi connectivity index (χ3n) is 5.52. The molecule has 0 saturated carbocycles. The van der Waals surface area contributed by atoms with Crippen molar-refractivity contribution in [2.75, 3.05) is 27.7 Å². The molecule has 24 heavy (non-hydrogen) atoms. The number of hydrogen-bond donors (Lipinski definition) is 2. The summed E-state index contributed by atoms with van der Waals surface area (Å²) in [6.45, 7) is 1.07. The van der Waals surface area contributed by atoms with Crippen molar-refractivity contribution in [1.29, 1.82) is 0 Å². The fourth-order valence-corrected chi connectivity index (χ4v) is 4.18. The molecular formula is C19H22INO3. The van der Waals surface area contributed by atoms with E-state index in [-0.39, 0.29) is 35.5 Å². The Labute approximate surface area is 159 Å². The molecule has 0 spiro atoms. The second kappa shape index (κ2) is 5.81. The van der Waals surface area contributed by atoms with Gasteiger partial charge >= 0.3 is 0 Å². The number of ether oxygens (including phenoxy) is 1. The van der Waals surface area contributed by atoms with E-state index in [0.29, 0.717) is 11.8 Å². The lowest BCUT2D eigenvalue weighted by Crippen LogP contribution is -3.00. The topological polar surface area (TPSA) is 49.7 Å². The van der Waals surface area contributed by atoms with Gasteiger partial charge in [0, 0.05) is 24.0 Å². The average molecular weight is 439 g/mol. The van der Waals surface area contributed by atoms with E-state index in [1.807, 2.05) is 12.1 Å². The lowest BCUT2D eigenvalue weighted by atomic mass is 9.75. The van der Waals surface area contributed by atoms with Crippen LogP contribution in [0.15, 0.2) is 24.3 Å². The van der Waals surface area contributed by atoms with E-state index in [4.69, 9.17) is 4.74 Å². The smallest absolute Gasteiger partial charge is 0.166 e. The Bertz CT molecular complexity index is 817. The van der Waals surface area contributed by atoms with Gasteiger partial charge in [-0.25, -0.2) is 0 Å². The summed E-state index contributed by atoms with van der Waals surface area (Å²) in [7, 11) is 6.09. The number of likely N-dealkylation sites (N-methyl/N-ethyl adjacent to an activating group) is 1. The molecule has 0 bridgehead atoms. The van der Waals surface area contributed by atoms with Gasteiger partial charge in [-0.1, -0.05) is 6.07 Å². The van der Waals surface area contributed by atoms with E-state index >= 15 is 0 Å². The van der Waals surface area contributed by atoms with Crippen LogP contribution < -0.4 is 28.7 Å². The highest BCUT2D eigenvalue weighted by atomic mass is 127. The molecule has 2 aliphatic rings. The van der Waals surface area contributed by atoms with E-state index in [2.05, 4.69) is 14.1 Å². The Kier molecular flexibility index (Phi) is 4.20. The van der Waals surface area contributed by atoms with Crippen LogP contribution in [0.5, 0.6) is 17.2 Å². The highest BCUT2D eigenvalue weighted by Crippen LogP contribution is 2.53. The van der Waals surface area contributed by atoms with Crippen LogP contribution >= 0.6 is 0 Å². The van der Waals surface area contributed by atoms with E-state index in [1.165, 1.54) is 16.7 Å². The van der Waals surface area contributed by atoms with Crippen molar-refractivity contribution >= 4 is 0 Å². The fourth-order valence-electron chi connectivity index (χ4n) is 4.18. The van der Waals surface area contributed by atoms with Crippen LogP contribution in [0.25, 0.3) is 11.1 Å². The minimum absolute atomic E-state index is 0. The van der Waals surface area contributed by atoms with Gasteiger partial charge in [0.15, 0.2) is 11.5 Å². The number of fused-ring (bicyclic) bond motifs is 2. The van der Waals surface area contributed by atoms with Gasteiger partial charge in [0.2, 0.25) is 0 Å². The molecule has 0 fully saturated rings. The van der Waals surface area contributed by atoms with Crippen LogP contribution in [0, 0.1) is 0 Å². The molecule has 2 N–H and O–H groups in total. The van der Waals surface area contributed by atoms with Crippen LogP contribution in [0.4, 0.5) is 0 Å². The van der Waals surface area contributed by atoms with Crippen molar-refractivity contribution in [1.82, 2.24) is 0 Å². The standard InChI is InChI=1S/C19H21NO3.HI/c1-20(2)7-6-12-9-16(23-3)19(22)18-14-10-13(21)5-4-11(14)8-15(20)17(12)18;/h4-5,9-10,15H,6-8H2,1-3H3,(H-,21,22);1H/t15-;/m0./s1. The van der Waals surface area contributed by atoms with Gasteiger partial charge in [-0.2, -0.15) is 0 Å². The average Bonchev–Trinajstić information content (AvgIpc) is 2.52. The highest BCUT2D eigenvalue weighted by Gasteiger charge is 2.42. The summed E-state index contributed by atoms with van der Waals surface area (Å²) in [6, 6.07) is 7.76. The molecule has 0 amide bonds. The van der Waals surface area contributed by atoms with Crippen molar-refractivity contribution in [3.63, 3.8) is 0 Å². The molecule has 0 saturated heterocycles. The maximum Gasteiger partial charge on any atom is 0.166 e. The molecule has 5 heteroatoms. The molecule has 128 valence electrons. The molecule has 4 rings (SSSR count). The molecule has 1 aliphatic heterocycles. The number of phenols is 2. The number of aromatic hydroxyl groups is 2. The summed E-state index contributed by atoms with van der Waals surface area (Å²) >= 11 is 0. The van der Waals surface area contributed by atoms with E-state index < -0.39 is 0 Å². The number of quaternary nitrogens is 1. The Balaban J connectivity index is 0.00000169. The predicted molar refractivity (Wildman–Crippen MR) is 88.9 cm³/mol. The number of phenolic OH excluding ortho intramolecular Hbond substituents is 2. The second-order valence-electron chi connectivity index (χ2n) is 7.19. The van der Waals surface area contributed by atoms with Gasteiger partial charge in [0.05, 0.1) is 27.7 Å². The normalized spacial score (nSPS) is 19.7. The van der Waals surface area contributed by atoms with Crippen LogP contribution in [0.1, 0.15) is 22.7 Å². The molecule has 2 aromatic carbocycles. The van der Waals surface area contributed by atoms with E-state index in [9.17, 15) is 10.2 Å². The zero-order valence-electron chi connectivity index (χ0n) is 14.1. The molecule has 1 heterocycles. The molecule has 2 aromatic rings. The monoisotopic (exact) mass is 439 g/mol. The minimum atomic E-state index is 0. The molecule has 0 radical (unpaired) electrons. The van der Waals surface area contributed by atoms with Crippen LogP contribution in [-0.2, 0) is 12.8 Å². The molecular weight excluding hydrogens is 417 g/mol. The Hall–Kier alpha value is -1.47. The number of methoxy groups -OCH3 is 1. The fraction of sp³-hybridized carbons (Fsp3) is 0.368. The third kappa shape index (κ3) is 2.37. The Morgan fingerprint density at radius 3 is 2.58 bits per heavy atom. The highest BCUT2D eigenvalue weighted by molar-refractivity contribution is 5.83. The summed E-state index contributed by atoms with van der Waals surface area (Å²) in [4.78, 5) is 0. The van der Waals surface area contributed by atoms with Gasteiger partial charge in [0.1, 0.15) is 11.8 Å². The minimum Gasteiger partial charge on any atom is -1.00 e. The molecule has 1 atom stereocenters. The molecule has 1 aliphatic carbocycles. The zero-order valence-corrected chi connectivity index (χ0v) is 16.3. The van der Waals surface area contributed by atoms with E-state index in [1.54, 1.807) is 19.2 Å². The van der Waals surface area contributed by atoms with Gasteiger partial charge in [-0.15, -0.1) is 0 Å². The first-order chi connectivity index (χ1) is 10.9. The SMILES string of the molecule is COc1cc2c3c(c1O)-c1cc(O)ccc1C[C@@H]3[N+](C)(C)CC2.[I-]. The zero-order chi connectivity index (χ0) is 16.4. The van der Waals surface area contributed by atoms with Gasteiger partial charge in [-0.3, -0.25) is 0 Å². The lowest BCUT2D eigenvalue weighted by Gasteiger charge is -2.46. The summed E-state index contributed by atoms with van der Waals surface area (Å²) in [5.41, 5.74) is 5.41. The number of halogens is 1. The van der Waals surface area contributed by atoms with Crippen molar-refractivity contribution in [2.45, 2.75) is 18.9 Å². The molecule has 0 unspecified atom stereocenters. The largest absolute Gasteiger partial charge is 1.00 e. The lowest BCUT2D eigenvalue weighted by molar-refractivity contribution is -0.923.